The Kier molecular flexibility index (Phi) is 4.70. The molecule has 2 amide bonds. The van der Waals surface area contributed by atoms with E-state index in [9.17, 15) is 4.79 Å². The van der Waals surface area contributed by atoms with Crippen LogP contribution in [0.3, 0.4) is 0 Å². The zero-order chi connectivity index (χ0) is 14.7. The summed E-state index contributed by atoms with van der Waals surface area (Å²) in [6.45, 7) is 3.52. The fraction of sp³-hybridized carbons (Fsp3) is 0.571. The number of pyridine rings is 1. The van der Waals surface area contributed by atoms with Crippen molar-refractivity contribution in [1.29, 1.82) is 0 Å². The van der Waals surface area contributed by atoms with Gasteiger partial charge in [-0.25, -0.2) is 9.78 Å². The van der Waals surface area contributed by atoms with Gasteiger partial charge in [-0.2, -0.15) is 0 Å². The molecule has 0 radical (unpaired) electrons. The number of nitrogens with zero attached hydrogens (tertiary/aromatic N) is 3. The van der Waals surface area contributed by atoms with Crippen molar-refractivity contribution in [2.24, 2.45) is 0 Å². The Labute approximate surface area is 124 Å². The maximum Gasteiger partial charge on any atom is 0.319 e. The van der Waals surface area contributed by atoms with Gasteiger partial charge >= 0.3 is 6.03 Å². The molecule has 2 rings (SSSR count). The molecule has 5 nitrogen and oxygen atoms in total. The summed E-state index contributed by atoms with van der Waals surface area (Å²) in [5.41, 5.74) is 1.93. The highest BCUT2D eigenvalue weighted by molar-refractivity contribution is 6.29. The maximum absolute atomic E-state index is 11.9. The molecule has 1 aliphatic heterocycles. The van der Waals surface area contributed by atoms with Crippen molar-refractivity contribution in [2.45, 2.75) is 25.8 Å². The summed E-state index contributed by atoms with van der Waals surface area (Å²) < 4.78 is 0. The minimum atomic E-state index is 0.0905. The highest BCUT2D eigenvalue weighted by Gasteiger charge is 2.23. The first-order valence-corrected chi connectivity index (χ1v) is 7.21. The van der Waals surface area contributed by atoms with Crippen LogP contribution in [0.1, 0.15) is 18.5 Å². The smallest absolute Gasteiger partial charge is 0.319 e. The van der Waals surface area contributed by atoms with Crippen molar-refractivity contribution in [3.05, 3.63) is 23.0 Å². The Morgan fingerprint density at radius 2 is 2.05 bits per heavy atom. The summed E-state index contributed by atoms with van der Waals surface area (Å²) in [6, 6.07) is 4.22. The number of piperidine rings is 1. The molecule has 0 bridgehead atoms. The average molecular weight is 297 g/mol. The van der Waals surface area contributed by atoms with E-state index in [2.05, 4.69) is 10.3 Å². The topological polar surface area (TPSA) is 48.5 Å². The number of urea groups is 1. The first kappa shape index (κ1) is 14.9. The first-order valence-electron chi connectivity index (χ1n) is 6.83. The molecule has 0 atom stereocenters. The van der Waals surface area contributed by atoms with Gasteiger partial charge < -0.3 is 15.1 Å². The normalized spacial score (nSPS) is 16.1. The monoisotopic (exact) mass is 296 g/mol. The van der Waals surface area contributed by atoms with Crippen LogP contribution in [0.4, 0.5) is 10.5 Å². The Morgan fingerprint density at radius 1 is 1.40 bits per heavy atom. The van der Waals surface area contributed by atoms with Gasteiger partial charge in [0.2, 0.25) is 0 Å². The molecule has 1 saturated heterocycles. The SMILES string of the molecule is Cc1nc(Cl)ccc1NC1CCN(C(=O)N(C)C)CC1. The van der Waals surface area contributed by atoms with Crippen molar-refractivity contribution in [2.75, 3.05) is 32.5 Å². The lowest BCUT2D eigenvalue weighted by Crippen LogP contribution is -2.46. The van der Waals surface area contributed by atoms with Crippen molar-refractivity contribution < 1.29 is 4.79 Å². The molecular weight excluding hydrogens is 276 g/mol. The lowest BCUT2D eigenvalue weighted by molar-refractivity contribution is 0.158. The fourth-order valence-electron chi connectivity index (χ4n) is 2.40. The molecule has 0 saturated carbocycles. The van der Waals surface area contributed by atoms with Crippen molar-refractivity contribution in [3.8, 4) is 0 Å². The molecule has 6 heteroatoms. The highest BCUT2D eigenvalue weighted by Crippen LogP contribution is 2.20. The number of halogens is 1. The maximum atomic E-state index is 11.9. The van der Waals surface area contributed by atoms with Gasteiger partial charge in [0.1, 0.15) is 5.15 Å². The van der Waals surface area contributed by atoms with Crippen LogP contribution in [0.2, 0.25) is 5.15 Å². The van der Waals surface area contributed by atoms with E-state index in [0.29, 0.717) is 11.2 Å². The van der Waals surface area contributed by atoms with E-state index in [4.69, 9.17) is 11.6 Å². The fourth-order valence-corrected chi connectivity index (χ4v) is 2.59. The van der Waals surface area contributed by atoms with Gasteiger partial charge in [0.25, 0.3) is 0 Å². The molecule has 20 heavy (non-hydrogen) atoms. The van der Waals surface area contributed by atoms with Crippen molar-refractivity contribution >= 4 is 23.3 Å². The Morgan fingerprint density at radius 3 is 2.60 bits per heavy atom. The van der Waals surface area contributed by atoms with E-state index in [0.717, 1.165) is 37.3 Å². The summed E-state index contributed by atoms with van der Waals surface area (Å²) in [7, 11) is 3.57. The summed E-state index contributed by atoms with van der Waals surface area (Å²) in [5, 5.41) is 4.01. The number of rotatable bonds is 2. The predicted molar refractivity (Wildman–Crippen MR) is 81.3 cm³/mol. The second-order valence-corrected chi connectivity index (χ2v) is 5.74. The molecule has 1 aromatic rings. The summed E-state index contributed by atoms with van der Waals surface area (Å²) in [5.74, 6) is 0. The summed E-state index contributed by atoms with van der Waals surface area (Å²) >= 11 is 5.86. The summed E-state index contributed by atoms with van der Waals surface area (Å²) in [4.78, 5) is 19.6. The summed E-state index contributed by atoms with van der Waals surface area (Å²) in [6.07, 6.45) is 1.89. The van der Waals surface area contributed by atoms with E-state index in [1.54, 1.807) is 25.1 Å². The quantitative estimate of drug-likeness (QED) is 0.854. The van der Waals surface area contributed by atoms with Crippen LogP contribution in [0.25, 0.3) is 0 Å². The third-order valence-corrected chi connectivity index (χ3v) is 3.77. The van der Waals surface area contributed by atoms with Crippen molar-refractivity contribution in [3.63, 3.8) is 0 Å². The number of aromatic nitrogens is 1. The number of amides is 2. The zero-order valence-electron chi connectivity index (χ0n) is 12.2. The van der Waals surface area contributed by atoms with E-state index < -0.39 is 0 Å². The van der Waals surface area contributed by atoms with Crippen LogP contribution >= 0.6 is 11.6 Å². The van der Waals surface area contributed by atoms with Gasteiger partial charge in [-0.3, -0.25) is 0 Å². The Bertz CT molecular complexity index is 484. The third kappa shape index (κ3) is 3.54. The largest absolute Gasteiger partial charge is 0.381 e. The zero-order valence-corrected chi connectivity index (χ0v) is 12.9. The number of anilines is 1. The lowest BCUT2D eigenvalue weighted by atomic mass is 10.0. The van der Waals surface area contributed by atoms with Gasteiger partial charge in [-0.1, -0.05) is 11.6 Å². The molecule has 2 heterocycles. The highest BCUT2D eigenvalue weighted by atomic mass is 35.5. The molecule has 110 valence electrons. The van der Waals surface area contributed by atoms with Crippen LogP contribution in [-0.2, 0) is 0 Å². The number of hydrogen-bond acceptors (Lipinski definition) is 3. The van der Waals surface area contributed by atoms with Crippen LogP contribution in [0.15, 0.2) is 12.1 Å². The Balaban J connectivity index is 1.90. The molecule has 1 aliphatic rings. The van der Waals surface area contributed by atoms with E-state index >= 15 is 0 Å². The molecule has 1 fully saturated rings. The number of nitrogens with one attached hydrogen (secondary N) is 1. The average Bonchev–Trinajstić information content (AvgIpc) is 2.42. The van der Waals surface area contributed by atoms with Gasteiger partial charge in [0.05, 0.1) is 11.4 Å². The van der Waals surface area contributed by atoms with Gasteiger partial charge in [-0.05, 0) is 31.9 Å². The molecule has 0 unspecified atom stereocenters. The first-order chi connectivity index (χ1) is 9.47. The molecule has 0 aliphatic carbocycles. The number of carbonyl (C=O) groups is 1. The lowest BCUT2D eigenvalue weighted by Gasteiger charge is -2.34. The van der Waals surface area contributed by atoms with E-state index in [-0.39, 0.29) is 6.03 Å². The molecule has 0 aromatic carbocycles. The Hall–Kier alpha value is -1.49. The van der Waals surface area contributed by atoms with E-state index in [1.807, 2.05) is 17.9 Å². The molecule has 1 N–H and O–H groups in total. The number of carbonyl (C=O) groups excluding carboxylic acids is 1. The predicted octanol–water partition coefficient (Wildman–Crippen LogP) is 2.60. The molecular formula is C14H21ClN4O. The number of hydrogen-bond donors (Lipinski definition) is 1. The van der Waals surface area contributed by atoms with Crippen LogP contribution in [-0.4, -0.2) is 54.0 Å². The van der Waals surface area contributed by atoms with Gasteiger partial charge in [-0.15, -0.1) is 0 Å². The second kappa shape index (κ2) is 6.31. The van der Waals surface area contributed by atoms with Crippen LogP contribution < -0.4 is 5.32 Å². The molecule has 1 aromatic heterocycles. The van der Waals surface area contributed by atoms with Crippen LogP contribution in [0.5, 0.6) is 0 Å². The second-order valence-electron chi connectivity index (χ2n) is 5.35. The van der Waals surface area contributed by atoms with Crippen LogP contribution in [0, 0.1) is 6.92 Å². The minimum absolute atomic E-state index is 0.0905. The standard InChI is InChI=1S/C14H21ClN4O/c1-10-12(4-5-13(15)16-10)17-11-6-8-19(9-7-11)14(20)18(2)3/h4-5,11,17H,6-9H2,1-3H3. The van der Waals surface area contributed by atoms with Gasteiger partial charge in [0, 0.05) is 33.2 Å². The van der Waals surface area contributed by atoms with Gasteiger partial charge in [0.15, 0.2) is 0 Å². The third-order valence-electron chi connectivity index (χ3n) is 3.56. The minimum Gasteiger partial charge on any atom is -0.381 e. The van der Waals surface area contributed by atoms with Crippen molar-refractivity contribution in [1.82, 2.24) is 14.8 Å². The van der Waals surface area contributed by atoms with E-state index in [1.165, 1.54) is 0 Å². The molecule has 0 spiro atoms. The number of likely N-dealkylation sites (tertiary alicyclic amines) is 1. The number of aryl methyl sites for hydroxylation is 1.